The van der Waals surface area contributed by atoms with Crippen LogP contribution in [0, 0.1) is 0 Å². The molecular weight excluding hydrogens is 348 g/mol. The molecule has 0 spiro atoms. The van der Waals surface area contributed by atoms with Gasteiger partial charge >= 0.3 is 0 Å². The van der Waals surface area contributed by atoms with E-state index >= 15 is 0 Å². The van der Waals surface area contributed by atoms with E-state index in [1.807, 2.05) is 52.0 Å². The Balaban J connectivity index is 5.38. The molecule has 0 heterocycles. The Morgan fingerprint density at radius 3 is 2.22 bits per heavy atom. The fourth-order valence-corrected chi connectivity index (χ4v) is 1.84. The lowest BCUT2D eigenvalue weighted by Crippen LogP contribution is -2.27. The Bertz CT molecular complexity index is 599. The molecule has 0 unspecified atom stereocenters. The van der Waals surface area contributed by atoms with Crippen LogP contribution in [0.4, 0.5) is 0 Å². The molecule has 2 nitrogen and oxygen atoms in total. The van der Waals surface area contributed by atoms with Gasteiger partial charge in [0.2, 0.25) is 0 Å². The Kier molecular flexibility index (Phi) is 10.7. The first-order valence-corrected chi connectivity index (χ1v) is 8.26. The normalized spacial score (nSPS) is 14.1. The summed E-state index contributed by atoms with van der Waals surface area (Å²) in [5, 5.41) is 3.36. The second kappa shape index (κ2) is 11.7. The number of allylic oxidation sites excluding steroid dienone is 6. The lowest BCUT2D eigenvalue weighted by Gasteiger charge is -2.14. The van der Waals surface area contributed by atoms with E-state index in [1.165, 1.54) is 6.20 Å². The van der Waals surface area contributed by atoms with E-state index in [0.717, 1.165) is 32.6 Å². The van der Waals surface area contributed by atoms with Gasteiger partial charge in [0.15, 0.2) is 0 Å². The first-order valence-electron chi connectivity index (χ1n) is 7.46. The van der Waals surface area contributed by atoms with Gasteiger partial charge in [-0.25, -0.2) is 4.99 Å². The number of hydrogen-bond donors (Lipinski definition) is 1. The topological polar surface area (TPSA) is 24.4 Å². The van der Waals surface area contributed by atoms with E-state index in [-0.39, 0.29) is 0 Å². The molecule has 0 aliphatic heterocycles. The van der Waals surface area contributed by atoms with E-state index in [2.05, 4.69) is 52.1 Å². The number of halogens is 1. The molecule has 0 rings (SSSR count). The van der Waals surface area contributed by atoms with E-state index in [1.54, 1.807) is 0 Å². The lowest BCUT2D eigenvalue weighted by atomic mass is 10.1. The highest BCUT2D eigenvalue weighted by Crippen LogP contribution is 2.16. The van der Waals surface area contributed by atoms with Gasteiger partial charge in [0.05, 0.1) is 0 Å². The van der Waals surface area contributed by atoms with Gasteiger partial charge in [-0.15, -0.1) is 0 Å². The summed E-state index contributed by atoms with van der Waals surface area (Å²) in [6, 6.07) is 0. The quantitative estimate of drug-likeness (QED) is 0.314. The molecule has 124 valence electrons. The van der Waals surface area contributed by atoms with Crippen LogP contribution in [0.2, 0.25) is 0 Å². The third-order valence-corrected chi connectivity index (χ3v) is 3.59. The van der Waals surface area contributed by atoms with Crippen LogP contribution < -0.4 is 5.32 Å². The Morgan fingerprint density at radius 2 is 1.78 bits per heavy atom. The first kappa shape index (κ1) is 21.1. The van der Waals surface area contributed by atoms with Crippen molar-refractivity contribution in [1.82, 2.24) is 5.32 Å². The number of rotatable bonds is 8. The van der Waals surface area contributed by atoms with Crippen LogP contribution >= 0.6 is 15.9 Å². The Hall–Kier alpha value is -1.87. The Labute approximate surface area is 149 Å². The molecule has 0 atom stereocenters. The van der Waals surface area contributed by atoms with Gasteiger partial charge in [0, 0.05) is 22.8 Å². The highest BCUT2D eigenvalue weighted by molar-refractivity contribution is 9.11. The van der Waals surface area contributed by atoms with E-state index in [9.17, 15) is 0 Å². The molecule has 0 bridgehead atoms. The molecule has 0 fully saturated rings. The molecule has 0 aromatic rings. The molecule has 0 aromatic carbocycles. The van der Waals surface area contributed by atoms with Crippen LogP contribution in [-0.4, -0.2) is 12.4 Å². The van der Waals surface area contributed by atoms with Crippen molar-refractivity contribution in [3.8, 4) is 0 Å². The summed E-state index contributed by atoms with van der Waals surface area (Å²) in [4.78, 5) is 4.36. The summed E-state index contributed by atoms with van der Waals surface area (Å²) in [5.41, 5.74) is 4.03. The van der Waals surface area contributed by atoms with Crippen LogP contribution in [0.25, 0.3) is 0 Å². The van der Waals surface area contributed by atoms with Crippen molar-refractivity contribution < 1.29 is 0 Å². The molecule has 0 amide bonds. The number of amidine groups is 1. The van der Waals surface area contributed by atoms with Gasteiger partial charge in [-0.05, 0) is 44.9 Å². The summed E-state index contributed by atoms with van der Waals surface area (Å²) < 4.78 is 0.975. The second-order valence-corrected chi connectivity index (χ2v) is 5.98. The molecular formula is C20H27BrN2. The summed E-state index contributed by atoms with van der Waals surface area (Å²) in [6.45, 7) is 20.2. The predicted octanol–water partition coefficient (Wildman–Crippen LogP) is 6.00. The standard InChI is InChI=1S/C20H27BrN2/c1-8-17(12-11-15(4)5)14-23-20(22-10-3)19(16(6)7)13-18(21)9-2/h8-13H,3-4,6,14H2,1-2,5,7H3,(H,22,23)/b12-11-,17-8+,18-9+,19-13+. The minimum Gasteiger partial charge on any atom is -0.366 e. The lowest BCUT2D eigenvalue weighted by molar-refractivity contribution is 0.998. The van der Waals surface area contributed by atoms with Gasteiger partial charge < -0.3 is 5.32 Å². The smallest absolute Gasteiger partial charge is 0.133 e. The zero-order chi connectivity index (χ0) is 17.8. The number of nitrogens with zero attached hydrogens (tertiary/aromatic N) is 1. The van der Waals surface area contributed by atoms with Gasteiger partial charge in [-0.3, -0.25) is 0 Å². The zero-order valence-electron chi connectivity index (χ0n) is 14.6. The molecule has 0 aromatic heterocycles. The van der Waals surface area contributed by atoms with Crippen molar-refractivity contribution in [2.75, 3.05) is 6.54 Å². The number of hydrogen-bond acceptors (Lipinski definition) is 1. The average Bonchev–Trinajstić information content (AvgIpc) is 2.50. The van der Waals surface area contributed by atoms with Gasteiger partial charge in [0.25, 0.3) is 0 Å². The van der Waals surface area contributed by atoms with Crippen LogP contribution in [0.1, 0.15) is 27.7 Å². The predicted molar refractivity (Wildman–Crippen MR) is 109 cm³/mol. The largest absolute Gasteiger partial charge is 0.366 e. The minimum atomic E-state index is 0.658. The van der Waals surface area contributed by atoms with Gasteiger partial charge in [-0.1, -0.05) is 65.5 Å². The molecule has 0 aliphatic carbocycles. The second-order valence-electron chi connectivity index (χ2n) is 5.07. The summed E-state index contributed by atoms with van der Waals surface area (Å²) in [6.07, 6.45) is 11.6. The zero-order valence-corrected chi connectivity index (χ0v) is 16.2. The highest BCUT2D eigenvalue weighted by Gasteiger charge is 2.08. The third kappa shape index (κ3) is 8.99. The van der Waals surface area contributed by atoms with Crippen molar-refractivity contribution in [3.05, 3.63) is 83.1 Å². The number of nitrogens with one attached hydrogen (secondary N) is 1. The SMILES string of the molecule is C=C\N=C(NCC(/C=C\C(=C)C)=C/C)/C(=C/C(Br)=C\C)C(=C)C. The fraction of sp³-hybridized carbons (Fsp3) is 0.250. The first-order chi connectivity index (χ1) is 10.8. The summed E-state index contributed by atoms with van der Waals surface area (Å²) >= 11 is 3.50. The molecule has 0 saturated heterocycles. The average molecular weight is 375 g/mol. The van der Waals surface area contributed by atoms with Gasteiger partial charge in [-0.2, -0.15) is 0 Å². The van der Waals surface area contributed by atoms with Crippen molar-refractivity contribution in [2.45, 2.75) is 27.7 Å². The molecule has 23 heavy (non-hydrogen) atoms. The molecule has 1 N–H and O–H groups in total. The summed E-state index contributed by atoms with van der Waals surface area (Å²) in [7, 11) is 0. The summed E-state index contributed by atoms with van der Waals surface area (Å²) in [5.74, 6) is 0.745. The third-order valence-electron chi connectivity index (χ3n) is 2.91. The minimum absolute atomic E-state index is 0.658. The van der Waals surface area contributed by atoms with Crippen molar-refractivity contribution >= 4 is 21.8 Å². The van der Waals surface area contributed by atoms with E-state index < -0.39 is 0 Å². The molecule has 0 radical (unpaired) electrons. The maximum atomic E-state index is 4.36. The van der Waals surface area contributed by atoms with Crippen molar-refractivity contribution in [3.63, 3.8) is 0 Å². The van der Waals surface area contributed by atoms with Crippen LogP contribution in [0.15, 0.2) is 88.1 Å². The Morgan fingerprint density at radius 1 is 1.13 bits per heavy atom. The van der Waals surface area contributed by atoms with Crippen molar-refractivity contribution in [2.24, 2.45) is 4.99 Å². The van der Waals surface area contributed by atoms with Gasteiger partial charge in [0.1, 0.15) is 5.84 Å². The van der Waals surface area contributed by atoms with Crippen LogP contribution in [-0.2, 0) is 0 Å². The maximum absolute atomic E-state index is 4.36. The molecule has 0 aliphatic rings. The van der Waals surface area contributed by atoms with Crippen molar-refractivity contribution in [1.29, 1.82) is 0 Å². The molecule has 0 saturated carbocycles. The van der Waals surface area contributed by atoms with Crippen LogP contribution in [0.5, 0.6) is 0 Å². The van der Waals surface area contributed by atoms with E-state index in [4.69, 9.17) is 0 Å². The maximum Gasteiger partial charge on any atom is 0.133 e. The fourth-order valence-electron chi connectivity index (χ4n) is 1.61. The van der Waals surface area contributed by atoms with Crippen LogP contribution in [0.3, 0.4) is 0 Å². The number of aliphatic imine (C=N–C) groups is 1. The highest BCUT2D eigenvalue weighted by atomic mass is 79.9. The molecule has 3 heteroatoms. The monoisotopic (exact) mass is 374 g/mol. The van der Waals surface area contributed by atoms with E-state index in [0.29, 0.717) is 6.54 Å².